The quantitative estimate of drug-likeness (QED) is 0.747. The topological polar surface area (TPSA) is 98.8 Å². The summed E-state index contributed by atoms with van der Waals surface area (Å²) < 4.78 is 61.2. The van der Waals surface area contributed by atoms with Crippen LogP contribution in [-0.2, 0) is 24.4 Å². The second-order valence-electron chi connectivity index (χ2n) is 6.94. The number of benzene rings is 1. The van der Waals surface area contributed by atoms with Gasteiger partial charge >= 0.3 is 0 Å². The molecule has 1 unspecified atom stereocenters. The molecule has 2 saturated heterocycles. The van der Waals surface area contributed by atoms with Crippen LogP contribution in [0.2, 0.25) is 0 Å². The first-order valence-electron chi connectivity index (χ1n) is 8.67. The summed E-state index contributed by atoms with van der Waals surface area (Å²) in [7, 11) is -5.68. The molecule has 1 aromatic carbocycles. The second-order valence-corrected chi connectivity index (χ2v) is 11.3. The lowest BCUT2D eigenvalue weighted by atomic mass is 10.2. The molecule has 2 aliphatic heterocycles. The van der Waals surface area contributed by atoms with Gasteiger partial charge in [-0.2, -0.15) is 0 Å². The van der Waals surface area contributed by atoms with Crippen LogP contribution in [0.5, 0.6) is 5.75 Å². The number of hydrogen-bond acceptors (Lipinski definition) is 7. The Morgan fingerprint density at radius 3 is 2.69 bits per heavy atom. The van der Waals surface area contributed by atoms with Crippen molar-refractivity contribution in [1.29, 1.82) is 0 Å². The molecule has 146 valence electrons. The number of sulfone groups is 2. The maximum absolute atomic E-state index is 13.1. The van der Waals surface area contributed by atoms with E-state index in [0.29, 0.717) is 24.5 Å². The first-order valence-corrected chi connectivity index (χ1v) is 12.0. The molecule has 26 heavy (non-hydrogen) atoms. The van der Waals surface area contributed by atoms with Crippen molar-refractivity contribution < 1.29 is 26.3 Å². The van der Waals surface area contributed by atoms with Gasteiger partial charge < -0.3 is 14.8 Å². The van der Waals surface area contributed by atoms with Crippen LogP contribution in [-0.4, -0.2) is 66.0 Å². The van der Waals surface area contributed by atoms with Crippen LogP contribution in [0.3, 0.4) is 0 Å². The Kier molecular flexibility index (Phi) is 5.62. The van der Waals surface area contributed by atoms with Gasteiger partial charge in [-0.3, -0.25) is 0 Å². The number of aryl methyl sites for hydroxylation is 1. The van der Waals surface area contributed by atoms with Crippen LogP contribution in [0, 0.1) is 6.92 Å². The van der Waals surface area contributed by atoms with Crippen LogP contribution < -0.4 is 10.1 Å². The standard InChI is InChI=1S/C17H25NO6S2/c1-12-8-14(5-6-16(12)23-2)26(21,22)17-11-25(19,20)10-15(17)18-9-13-4-3-7-24-13/h5-6,8,13,15,17-18H,3-4,7,9-11H2,1-2H3/t13?,15-,17-/m0/s1. The lowest BCUT2D eigenvalue weighted by molar-refractivity contribution is 0.108. The minimum Gasteiger partial charge on any atom is -0.496 e. The molecule has 0 spiro atoms. The van der Waals surface area contributed by atoms with Crippen molar-refractivity contribution in [2.45, 2.75) is 42.1 Å². The Bertz CT molecular complexity index is 859. The predicted octanol–water partition coefficient (Wildman–Crippen LogP) is 0.712. The highest BCUT2D eigenvalue weighted by Gasteiger charge is 2.46. The van der Waals surface area contributed by atoms with Gasteiger partial charge in [0.1, 0.15) is 5.75 Å². The third kappa shape index (κ3) is 4.05. The normalized spacial score (nSPS) is 28.3. The zero-order valence-corrected chi connectivity index (χ0v) is 16.6. The molecule has 2 aliphatic rings. The monoisotopic (exact) mass is 403 g/mol. The molecule has 1 aromatic rings. The number of nitrogens with one attached hydrogen (secondary N) is 1. The van der Waals surface area contributed by atoms with Gasteiger partial charge in [-0.1, -0.05) is 0 Å². The van der Waals surface area contributed by atoms with E-state index in [9.17, 15) is 16.8 Å². The SMILES string of the molecule is COc1ccc(S(=O)(=O)[C@H]2CS(=O)(=O)C[C@@H]2NCC2CCCO2)cc1C. The van der Waals surface area contributed by atoms with E-state index >= 15 is 0 Å². The number of rotatable bonds is 6. The predicted molar refractivity (Wildman–Crippen MR) is 98.1 cm³/mol. The van der Waals surface area contributed by atoms with Crippen LogP contribution in [0.25, 0.3) is 0 Å². The van der Waals surface area contributed by atoms with E-state index in [1.54, 1.807) is 13.0 Å². The molecule has 0 aromatic heterocycles. The molecule has 0 aliphatic carbocycles. The summed E-state index contributed by atoms with van der Waals surface area (Å²) in [6.07, 6.45) is 1.90. The fourth-order valence-corrected chi connectivity index (χ4v) is 8.40. The molecule has 0 amide bonds. The maximum atomic E-state index is 13.1. The Balaban J connectivity index is 1.84. The number of hydrogen-bond donors (Lipinski definition) is 1. The number of ether oxygens (including phenoxy) is 2. The molecule has 0 bridgehead atoms. The lowest BCUT2D eigenvalue weighted by Gasteiger charge is -2.22. The van der Waals surface area contributed by atoms with Gasteiger partial charge in [0.15, 0.2) is 19.7 Å². The van der Waals surface area contributed by atoms with Crippen molar-refractivity contribution in [1.82, 2.24) is 5.32 Å². The minimum atomic E-state index is -3.79. The average Bonchev–Trinajstić information content (AvgIpc) is 3.20. The molecule has 0 saturated carbocycles. The highest BCUT2D eigenvalue weighted by atomic mass is 32.2. The lowest BCUT2D eigenvalue weighted by Crippen LogP contribution is -2.45. The van der Waals surface area contributed by atoms with E-state index in [1.165, 1.54) is 19.2 Å². The summed E-state index contributed by atoms with van der Waals surface area (Å²) in [5.41, 5.74) is 0.693. The molecule has 0 radical (unpaired) electrons. The van der Waals surface area contributed by atoms with Gasteiger partial charge in [-0.25, -0.2) is 16.8 Å². The Hall–Kier alpha value is -1.16. The molecule has 3 rings (SSSR count). The Labute approximate surface area is 154 Å². The molecule has 9 heteroatoms. The molecular formula is C17H25NO6S2. The molecule has 1 N–H and O–H groups in total. The van der Waals surface area contributed by atoms with Gasteiger partial charge in [0, 0.05) is 19.2 Å². The van der Waals surface area contributed by atoms with Gasteiger partial charge in [0.05, 0.1) is 34.9 Å². The zero-order valence-electron chi connectivity index (χ0n) is 15.0. The Morgan fingerprint density at radius 2 is 2.08 bits per heavy atom. The third-order valence-corrected chi connectivity index (χ3v) is 9.17. The van der Waals surface area contributed by atoms with E-state index in [0.717, 1.165) is 12.8 Å². The van der Waals surface area contributed by atoms with Crippen molar-refractivity contribution in [3.63, 3.8) is 0 Å². The summed E-state index contributed by atoms with van der Waals surface area (Å²) in [6, 6.07) is 3.98. The number of methoxy groups -OCH3 is 1. The van der Waals surface area contributed by atoms with Crippen molar-refractivity contribution >= 4 is 19.7 Å². The van der Waals surface area contributed by atoms with Crippen LogP contribution >= 0.6 is 0 Å². The van der Waals surface area contributed by atoms with Crippen molar-refractivity contribution in [3.05, 3.63) is 23.8 Å². The average molecular weight is 404 g/mol. The highest BCUT2D eigenvalue weighted by Crippen LogP contribution is 2.29. The van der Waals surface area contributed by atoms with E-state index in [4.69, 9.17) is 9.47 Å². The second kappa shape index (κ2) is 7.46. The van der Waals surface area contributed by atoms with Gasteiger partial charge in [-0.15, -0.1) is 0 Å². The summed E-state index contributed by atoms with van der Waals surface area (Å²) in [6.45, 7) is 2.92. The van der Waals surface area contributed by atoms with E-state index in [1.807, 2.05) is 0 Å². The summed E-state index contributed by atoms with van der Waals surface area (Å²) in [5, 5.41) is 2.14. The first kappa shape index (κ1) is 19.6. The molecule has 2 heterocycles. The summed E-state index contributed by atoms with van der Waals surface area (Å²) in [5.74, 6) is 0.0681. The summed E-state index contributed by atoms with van der Waals surface area (Å²) in [4.78, 5) is 0.127. The van der Waals surface area contributed by atoms with Gasteiger partial charge in [-0.05, 0) is 43.5 Å². The minimum absolute atomic E-state index is 0.0184. The molecule has 3 atom stereocenters. The zero-order chi connectivity index (χ0) is 18.9. The van der Waals surface area contributed by atoms with E-state index < -0.39 is 31.0 Å². The highest BCUT2D eigenvalue weighted by molar-refractivity contribution is 7.96. The fraction of sp³-hybridized carbons (Fsp3) is 0.647. The van der Waals surface area contributed by atoms with E-state index in [2.05, 4.69) is 5.32 Å². The van der Waals surface area contributed by atoms with Crippen molar-refractivity contribution in [2.75, 3.05) is 31.8 Å². The molecule has 2 fully saturated rings. The van der Waals surface area contributed by atoms with Crippen LogP contribution in [0.1, 0.15) is 18.4 Å². The maximum Gasteiger partial charge on any atom is 0.183 e. The van der Waals surface area contributed by atoms with E-state index in [-0.39, 0.29) is 22.5 Å². The summed E-state index contributed by atoms with van der Waals surface area (Å²) >= 11 is 0. The van der Waals surface area contributed by atoms with Gasteiger partial charge in [0.2, 0.25) is 0 Å². The molecule has 7 nitrogen and oxygen atoms in total. The fourth-order valence-electron chi connectivity index (χ4n) is 3.60. The largest absolute Gasteiger partial charge is 0.496 e. The third-order valence-electron chi connectivity index (χ3n) is 5.03. The smallest absolute Gasteiger partial charge is 0.183 e. The first-order chi connectivity index (χ1) is 12.2. The Morgan fingerprint density at radius 1 is 1.31 bits per heavy atom. The van der Waals surface area contributed by atoms with Crippen LogP contribution in [0.15, 0.2) is 23.1 Å². The van der Waals surface area contributed by atoms with Crippen molar-refractivity contribution in [2.24, 2.45) is 0 Å². The van der Waals surface area contributed by atoms with Crippen LogP contribution in [0.4, 0.5) is 0 Å². The molecular weight excluding hydrogens is 378 g/mol. The van der Waals surface area contributed by atoms with Gasteiger partial charge in [0.25, 0.3) is 0 Å². The van der Waals surface area contributed by atoms with Crippen molar-refractivity contribution in [3.8, 4) is 5.75 Å².